The summed E-state index contributed by atoms with van der Waals surface area (Å²) < 4.78 is 15.5. The van der Waals surface area contributed by atoms with Crippen molar-refractivity contribution < 1.29 is 19.2 Å². The number of aromatic nitrogens is 2. The minimum absolute atomic E-state index is 0.0401. The number of benzene rings is 3. The summed E-state index contributed by atoms with van der Waals surface area (Å²) in [7, 11) is 0. The van der Waals surface area contributed by atoms with Crippen molar-refractivity contribution in [2.75, 3.05) is 6.61 Å². The number of hydrogen-bond acceptors (Lipinski definition) is 8. The second kappa shape index (κ2) is 12.8. The van der Waals surface area contributed by atoms with E-state index in [1.165, 1.54) is 23.5 Å². The van der Waals surface area contributed by atoms with Crippen LogP contribution in [0.1, 0.15) is 56.1 Å². The number of para-hydroxylation sites is 1. The van der Waals surface area contributed by atoms with Crippen molar-refractivity contribution in [1.82, 2.24) is 9.13 Å². The molecule has 0 radical (unpaired) electrons. The Morgan fingerprint density at radius 1 is 1.06 bits per heavy atom. The van der Waals surface area contributed by atoms with Gasteiger partial charge in [0.2, 0.25) is 0 Å². The molecule has 0 amide bonds. The van der Waals surface area contributed by atoms with Crippen LogP contribution in [0.15, 0.2) is 93.9 Å². The monoisotopic (exact) mass is 650 g/mol. The Hall–Kier alpha value is -5.29. The number of fused-ring (bicyclic) bond motifs is 2. The van der Waals surface area contributed by atoms with Crippen molar-refractivity contribution in [2.45, 2.75) is 53.3 Å². The van der Waals surface area contributed by atoms with Crippen LogP contribution in [0.2, 0.25) is 0 Å². The minimum Gasteiger partial charge on any atom is -0.494 e. The standard InChI is InChI=1S/C36H34N4O6S/c1-6-45-27-17-13-25(14-18-27)33-32(35(42)46-21(2)3)22(4)37-36-39(33)34(41)31(47-36)19-29-23(5)38(30-10-8-7-9-28(29)30)20-24-11-15-26(16-12-24)40(43)44/h7-19,21,33H,6,20H2,1-5H3/b31-19+/t33-/m1/s1. The van der Waals surface area contributed by atoms with Crippen molar-refractivity contribution in [3.63, 3.8) is 0 Å². The zero-order valence-corrected chi connectivity index (χ0v) is 27.5. The maximum absolute atomic E-state index is 14.3. The lowest BCUT2D eigenvalue weighted by Gasteiger charge is -2.25. The van der Waals surface area contributed by atoms with Crippen LogP contribution in [0.25, 0.3) is 17.0 Å². The molecule has 0 spiro atoms. The summed E-state index contributed by atoms with van der Waals surface area (Å²) in [5, 5.41) is 12.1. The van der Waals surface area contributed by atoms with Crippen molar-refractivity contribution in [3.8, 4) is 5.75 Å². The predicted molar refractivity (Wildman–Crippen MR) is 181 cm³/mol. The predicted octanol–water partition coefficient (Wildman–Crippen LogP) is 5.81. The average Bonchev–Trinajstić information content (AvgIpc) is 3.49. The molecule has 2 aromatic heterocycles. The van der Waals surface area contributed by atoms with Gasteiger partial charge in [-0.3, -0.25) is 19.5 Å². The van der Waals surface area contributed by atoms with Gasteiger partial charge in [-0.1, -0.05) is 53.8 Å². The van der Waals surface area contributed by atoms with Crippen LogP contribution >= 0.6 is 11.3 Å². The Balaban J connectivity index is 1.50. The molecule has 47 heavy (non-hydrogen) atoms. The highest BCUT2D eigenvalue weighted by Gasteiger charge is 2.34. The topological polar surface area (TPSA) is 118 Å². The van der Waals surface area contributed by atoms with Gasteiger partial charge in [0.25, 0.3) is 11.2 Å². The fourth-order valence-electron chi connectivity index (χ4n) is 5.97. The molecule has 1 atom stereocenters. The van der Waals surface area contributed by atoms with Crippen molar-refractivity contribution >= 4 is 40.0 Å². The summed E-state index contributed by atoms with van der Waals surface area (Å²) in [5.74, 6) is 0.177. The van der Waals surface area contributed by atoms with Gasteiger partial charge >= 0.3 is 5.97 Å². The number of carbonyl (C=O) groups excluding carboxylic acids is 1. The van der Waals surface area contributed by atoms with Crippen molar-refractivity contribution in [2.24, 2.45) is 4.99 Å². The molecule has 3 aromatic carbocycles. The summed E-state index contributed by atoms with van der Waals surface area (Å²) in [6.45, 7) is 10.3. The normalized spacial score (nSPS) is 14.8. The van der Waals surface area contributed by atoms with E-state index in [9.17, 15) is 19.7 Å². The van der Waals surface area contributed by atoms with Crippen LogP contribution in [0.3, 0.4) is 0 Å². The third-order valence-corrected chi connectivity index (χ3v) is 9.12. The lowest BCUT2D eigenvalue weighted by Crippen LogP contribution is -2.40. The van der Waals surface area contributed by atoms with Gasteiger partial charge in [0.05, 0.1) is 39.5 Å². The van der Waals surface area contributed by atoms with Crippen LogP contribution in [-0.2, 0) is 16.1 Å². The van der Waals surface area contributed by atoms with Gasteiger partial charge in [0.15, 0.2) is 4.80 Å². The highest BCUT2D eigenvalue weighted by molar-refractivity contribution is 7.07. The number of nitrogens with zero attached hydrogens (tertiary/aromatic N) is 4. The van der Waals surface area contributed by atoms with E-state index in [2.05, 4.69) is 4.57 Å². The molecule has 5 aromatic rings. The SMILES string of the molecule is CCOc1ccc([C@@H]2C(C(=O)OC(C)C)=C(C)N=c3s/c(=C/c4c(C)n(Cc5ccc([N+](=O)[O-])cc5)c5ccccc45)c(=O)n32)cc1. The van der Waals surface area contributed by atoms with Crippen LogP contribution in [-0.4, -0.2) is 32.7 Å². The number of non-ortho nitro benzene ring substituents is 1. The van der Waals surface area contributed by atoms with E-state index in [4.69, 9.17) is 14.5 Å². The molecule has 0 bridgehead atoms. The van der Waals surface area contributed by atoms with Gasteiger partial charge in [-0.15, -0.1) is 0 Å². The first-order valence-electron chi connectivity index (χ1n) is 15.3. The number of rotatable bonds is 9. The number of allylic oxidation sites excluding steroid dienone is 1. The number of nitro benzene ring substituents is 1. The number of ether oxygens (including phenoxy) is 2. The Bertz CT molecular complexity index is 2220. The molecule has 3 heterocycles. The Labute approximate surface area is 274 Å². The van der Waals surface area contributed by atoms with Gasteiger partial charge < -0.3 is 14.0 Å². The van der Waals surface area contributed by atoms with E-state index >= 15 is 0 Å². The third-order valence-electron chi connectivity index (χ3n) is 8.13. The maximum Gasteiger partial charge on any atom is 0.338 e. The molecule has 1 aliphatic rings. The first-order valence-corrected chi connectivity index (χ1v) is 16.2. The molecule has 0 unspecified atom stereocenters. The number of esters is 1. The van der Waals surface area contributed by atoms with Gasteiger partial charge in [-0.25, -0.2) is 9.79 Å². The van der Waals surface area contributed by atoms with Crippen LogP contribution in [0.4, 0.5) is 5.69 Å². The van der Waals surface area contributed by atoms with E-state index in [1.54, 1.807) is 37.5 Å². The summed E-state index contributed by atoms with van der Waals surface area (Å²) in [6.07, 6.45) is 1.55. The second-order valence-corrected chi connectivity index (χ2v) is 12.6. The quantitative estimate of drug-likeness (QED) is 0.113. The van der Waals surface area contributed by atoms with Crippen molar-refractivity contribution in [1.29, 1.82) is 0 Å². The molecule has 11 heteroatoms. The molecular formula is C36H34N4O6S. The number of hydrogen-bond donors (Lipinski definition) is 0. The Morgan fingerprint density at radius 3 is 2.43 bits per heavy atom. The first kappa shape index (κ1) is 31.7. The van der Waals surface area contributed by atoms with Gasteiger partial charge in [-0.2, -0.15) is 0 Å². The zero-order valence-electron chi connectivity index (χ0n) is 26.7. The minimum atomic E-state index is -0.736. The highest BCUT2D eigenvalue weighted by atomic mass is 32.1. The molecule has 0 saturated heterocycles. The van der Waals surface area contributed by atoms with E-state index in [0.717, 1.165) is 33.3 Å². The lowest BCUT2D eigenvalue weighted by atomic mass is 9.96. The molecule has 6 rings (SSSR count). The molecule has 240 valence electrons. The average molecular weight is 651 g/mol. The third kappa shape index (κ3) is 6.01. The molecule has 0 N–H and O–H groups in total. The fourth-order valence-corrected chi connectivity index (χ4v) is 7.00. The lowest BCUT2D eigenvalue weighted by molar-refractivity contribution is -0.384. The van der Waals surface area contributed by atoms with Crippen LogP contribution in [0, 0.1) is 17.0 Å². The van der Waals surface area contributed by atoms with E-state index in [0.29, 0.717) is 39.5 Å². The number of carbonyl (C=O) groups is 1. The summed E-state index contributed by atoms with van der Waals surface area (Å²) in [5.41, 5.74) is 5.05. The molecule has 0 saturated carbocycles. The van der Waals surface area contributed by atoms with Gasteiger partial charge in [0.1, 0.15) is 5.75 Å². The molecule has 1 aliphatic heterocycles. The summed E-state index contributed by atoms with van der Waals surface area (Å²) >= 11 is 1.28. The number of nitro groups is 1. The summed E-state index contributed by atoms with van der Waals surface area (Å²) in [6, 6.07) is 21.1. The molecular weight excluding hydrogens is 616 g/mol. The van der Waals surface area contributed by atoms with Crippen LogP contribution < -0.4 is 19.6 Å². The van der Waals surface area contributed by atoms with Crippen molar-refractivity contribution in [3.05, 3.63) is 136 Å². The molecule has 10 nitrogen and oxygen atoms in total. The first-order chi connectivity index (χ1) is 22.6. The second-order valence-electron chi connectivity index (χ2n) is 11.6. The Morgan fingerprint density at radius 2 is 1.77 bits per heavy atom. The number of thiazole rings is 1. The van der Waals surface area contributed by atoms with E-state index in [-0.39, 0.29) is 17.4 Å². The largest absolute Gasteiger partial charge is 0.494 e. The maximum atomic E-state index is 14.3. The smallest absolute Gasteiger partial charge is 0.338 e. The molecule has 0 fully saturated rings. The van der Waals surface area contributed by atoms with Crippen LogP contribution in [0.5, 0.6) is 5.75 Å². The fraction of sp³-hybridized carbons (Fsp3) is 0.250. The zero-order chi connectivity index (χ0) is 33.4. The highest BCUT2D eigenvalue weighted by Crippen LogP contribution is 2.32. The van der Waals surface area contributed by atoms with Gasteiger partial charge in [0, 0.05) is 40.8 Å². The summed E-state index contributed by atoms with van der Waals surface area (Å²) in [4.78, 5) is 43.8. The molecule has 0 aliphatic carbocycles. The van der Waals surface area contributed by atoms with E-state index < -0.39 is 16.9 Å². The van der Waals surface area contributed by atoms with E-state index in [1.807, 2.05) is 68.5 Å². The Kier molecular flexibility index (Phi) is 8.65. The van der Waals surface area contributed by atoms with Gasteiger partial charge in [-0.05, 0) is 70.0 Å².